The fourth-order valence-electron chi connectivity index (χ4n) is 4.70. The highest BCUT2D eigenvalue weighted by atomic mass is 35.5. The number of phenolic OH excluding ortho intramolecular Hbond substituents is 1. The summed E-state index contributed by atoms with van der Waals surface area (Å²) in [6.45, 7) is 7.81. The zero-order valence-corrected chi connectivity index (χ0v) is 19.4. The summed E-state index contributed by atoms with van der Waals surface area (Å²) < 4.78 is 0. The van der Waals surface area contributed by atoms with Gasteiger partial charge in [0.05, 0.1) is 6.10 Å². The fourth-order valence-corrected chi connectivity index (χ4v) is 4.70. The second-order valence-electron chi connectivity index (χ2n) is 9.56. The lowest BCUT2D eigenvalue weighted by atomic mass is 9.72. The van der Waals surface area contributed by atoms with Gasteiger partial charge in [0.1, 0.15) is 5.75 Å². The van der Waals surface area contributed by atoms with E-state index < -0.39 is 0 Å². The van der Waals surface area contributed by atoms with E-state index in [1.54, 1.807) is 0 Å². The van der Waals surface area contributed by atoms with Gasteiger partial charge in [-0.25, -0.2) is 0 Å². The molecular formula is C24H42ClNO2. The molecule has 2 rings (SSSR count). The second kappa shape index (κ2) is 11.4. The summed E-state index contributed by atoms with van der Waals surface area (Å²) in [7, 11) is 4.21. The minimum absolute atomic E-state index is 0. The highest BCUT2D eigenvalue weighted by molar-refractivity contribution is 5.85. The van der Waals surface area contributed by atoms with Crippen LogP contribution < -0.4 is 0 Å². The van der Waals surface area contributed by atoms with Crippen molar-refractivity contribution in [3.8, 4) is 5.75 Å². The normalized spacial score (nSPS) is 22.9. The predicted octanol–water partition coefficient (Wildman–Crippen LogP) is 5.87. The largest absolute Gasteiger partial charge is 0.508 e. The molecule has 2 N–H and O–H groups in total. The molecule has 28 heavy (non-hydrogen) atoms. The molecule has 0 saturated heterocycles. The van der Waals surface area contributed by atoms with Crippen LogP contribution in [0.1, 0.15) is 89.2 Å². The van der Waals surface area contributed by atoms with Crippen molar-refractivity contribution in [1.29, 1.82) is 0 Å². The second-order valence-corrected chi connectivity index (χ2v) is 9.56. The van der Waals surface area contributed by atoms with Crippen molar-refractivity contribution in [3.63, 3.8) is 0 Å². The number of halogens is 1. The molecule has 0 unspecified atom stereocenters. The Balaban J connectivity index is 0.00000392. The summed E-state index contributed by atoms with van der Waals surface area (Å²) in [5.41, 5.74) is 2.32. The minimum atomic E-state index is -0.248. The van der Waals surface area contributed by atoms with Crippen LogP contribution in [0.25, 0.3) is 0 Å². The Morgan fingerprint density at radius 2 is 1.82 bits per heavy atom. The first-order chi connectivity index (χ1) is 12.7. The standard InChI is InChI=1S/C24H41NO2.ClH/c1-6-7-8-9-14-24(2,3)19-11-13-21(23(27)15-19)22-16-20(26)12-10-18(22)17-25(4)5;/h11,13,15,18,20,22,26-27H,6-10,12,14,16-17H2,1-5H3;1H/t18-,20+,22+;/m0./s1. The lowest BCUT2D eigenvalue weighted by molar-refractivity contribution is 0.0841. The monoisotopic (exact) mass is 411 g/mol. The summed E-state index contributed by atoms with van der Waals surface area (Å²) in [6.07, 6.45) is 8.65. The van der Waals surface area contributed by atoms with E-state index in [4.69, 9.17) is 0 Å². The van der Waals surface area contributed by atoms with E-state index in [-0.39, 0.29) is 29.8 Å². The molecule has 0 aromatic heterocycles. The van der Waals surface area contributed by atoms with Gasteiger partial charge in [-0.15, -0.1) is 12.4 Å². The predicted molar refractivity (Wildman–Crippen MR) is 122 cm³/mol. The van der Waals surface area contributed by atoms with Gasteiger partial charge in [-0.3, -0.25) is 0 Å². The molecule has 1 aliphatic rings. The molecule has 4 heteroatoms. The Kier molecular flexibility index (Phi) is 10.3. The molecule has 0 radical (unpaired) electrons. The SMILES string of the molecule is CCCCCCC(C)(C)c1ccc([C@@H]2C[C@H](O)CC[C@H]2CN(C)C)c(O)c1.Cl. The summed E-state index contributed by atoms with van der Waals surface area (Å²) in [4.78, 5) is 2.22. The van der Waals surface area contributed by atoms with Crippen molar-refractivity contribution in [1.82, 2.24) is 4.90 Å². The third-order valence-corrected chi connectivity index (χ3v) is 6.43. The number of unbranched alkanes of at least 4 members (excludes halogenated alkanes) is 3. The van der Waals surface area contributed by atoms with Gasteiger partial charge in [-0.1, -0.05) is 58.6 Å². The lowest BCUT2D eigenvalue weighted by Crippen LogP contribution is -2.33. The van der Waals surface area contributed by atoms with Gasteiger partial charge in [-0.2, -0.15) is 0 Å². The molecule has 0 aliphatic heterocycles. The van der Waals surface area contributed by atoms with Crippen molar-refractivity contribution in [3.05, 3.63) is 29.3 Å². The zero-order valence-electron chi connectivity index (χ0n) is 18.6. The van der Waals surface area contributed by atoms with Crippen LogP contribution >= 0.6 is 12.4 Å². The minimum Gasteiger partial charge on any atom is -0.508 e. The first-order valence-electron chi connectivity index (χ1n) is 10.9. The summed E-state index contributed by atoms with van der Waals surface area (Å²) in [5.74, 6) is 1.14. The number of hydrogen-bond acceptors (Lipinski definition) is 3. The molecule has 1 fully saturated rings. The van der Waals surface area contributed by atoms with Crippen molar-refractivity contribution in [2.75, 3.05) is 20.6 Å². The number of aliphatic hydroxyl groups excluding tert-OH is 1. The third-order valence-electron chi connectivity index (χ3n) is 6.43. The van der Waals surface area contributed by atoms with Gasteiger partial charge in [0.25, 0.3) is 0 Å². The number of nitrogens with zero attached hydrogens (tertiary/aromatic N) is 1. The lowest BCUT2D eigenvalue weighted by Gasteiger charge is -2.36. The fraction of sp³-hybridized carbons (Fsp3) is 0.750. The van der Waals surface area contributed by atoms with Crippen LogP contribution in [0.4, 0.5) is 0 Å². The van der Waals surface area contributed by atoms with Crippen molar-refractivity contribution < 1.29 is 10.2 Å². The molecule has 1 saturated carbocycles. The molecule has 162 valence electrons. The van der Waals surface area contributed by atoms with E-state index in [9.17, 15) is 10.2 Å². The summed E-state index contributed by atoms with van der Waals surface area (Å²) >= 11 is 0. The molecule has 3 atom stereocenters. The van der Waals surface area contributed by atoms with Gasteiger partial charge >= 0.3 is 0 Å². The average molecular weight is 412 g/mol. The number of benzene rings is 1. The molecule has 1 aromatic carbocycles. The van der Waals surface area contributed by atoms with E-state index in [1.807, 2.05) is 6.07 Å². The van der Waals surface area contributed by atoms with Crippen LogP contribution in [0.2, 0.25) is 0 Å². The van der Waals surface area contributed by atoms with E-state index >= 15 is 0 Å². The van der Waals surface area contributed by atoms with Gasteiger partial charge in [0, 0.05) is 6.54 Å². The van der Waals surface area contributed by atoms with E-state index in [1.165, 1.54) is 31.2 Å². The molecule has 0 spiro atoms. The van der Waals surface area contributed by atoms with Crippen LogP contribution in [-0.2, 0) is 5.41 Å². The third kappa shape index (κ3) is 6.93. The van der Waals surface area contributed by atoms with Crippen LogP contribution in [0.3, 0.4) is 0 Å². The van der Waals surface area contributed by atoms with E-state index in [0.29, 0.717) is 11.7 Å². The van der Waals surface area contributed by atoms with Crippen molar-refractivity contribution in [2.45, 2.75) is 89.6 Å². The molecule has 3 nitrogen and oxygen atoms in total. The smallest absolute Gasteiger partial charge is 0.119 e. The highest BCUT2D eigenvalue weighted by Crippen LogP contribution is 2.43. The Morgan fingerprint density at radius 1 is 1.11 bits per heavy atom. The van der Waals surface area contributed by atoms with Crippen LogP contribution in [0.5, 0.6) is 5.75 Å². The summed E-state index contributed by atoms with van der Waals surface area (Å²) in [5, 5.41) is 21.1. The number of hydrogen-bond donors (Lipinski definition) is 2. The number of phenols is 1. The zero-order chi connectivity index (χ0) is 20.0. The highest BCUT2D eigenvalue weighted by Gasteiger charge is 2.33. The van der Waals surface area contributed by atoms with Crippen LogP contribution in [0.15, 0.2) is 18.2 Å². The van der Waals surface area contributed by atoms with E-state index in [0.717, 1.165) is 37.8 Å². The molecular weight excluding hydrogens is 370 g/mol. The number of rotatable bonds is 9. The number of aliphatic hydroxyl groups is 1. The Labute approximate surface area is 178 Å². The maximum Gasteiger partial charge on any atom is 0.119 e. The van der Waals surface area contributed by atoms with Crippen molar-refractivity contribution in [2.24, 2.45) is 5.92 Å². The van der Waals surface area contributed by atoms with Gasteiger partial charge in [0.15, 0.2) is 0 Å². The molecule has 0 bridgehead atoms. The maximum absolute atomic E-state index is 10.9. The molecule has 1 aromatic rings. The topological polar surface area (TPSA) is 43.7 Å². The van der Waals surface area contributed by atoms with Gasteiger partial charge in [0.2, 0.25) is 0 Å². The van der Waals surface area contributed by atoms with Gasteiger partial charge < -0.3 is 15.1 Å². The van der Waals surface area contributed by atoms with Crippen molar-refractivity contribution >= 4 is 12.4 Å². The first kappa shape index (κ1) is 25.3. The van der Waals surface area contributed by atoms with E-state index in [2.05, 4.69) is 51.9 Å². The van der Waals surface area contributed by atoms with Crippen LogP contribution in [-0.4, -0.2) is 41.9 Å². The summed E-state index contributed by atoms with van der Waals surface area (Å²) in [6, 6.07) is 6.33. The van der Waals surface area contributed by atoms with Crippen LogP contribution in [0, 0.1) is 5.92 Å². The van der Waals surface area contributed by atoms with Gasteiger partial charge in [-0.05, 0) is 74.2 Å². The Bertz CT molecular complexity index is 588. The average Bonchev–Trinajstić information content (AvgIpc) is 2.60. The Hall–Kier alpha value is -0.770. The Morgan fingerprint density at radius 3 is 2.43 bits per heavy atom. The number of aromatic hydroxyl groups is 1. The molecule has 1 aliphatic carbocycles. The molecule has 0 amide bonds. The quantitative estimate of drug-likeness (QED) is 0.499. The maximum atomic E-state index is 10.9. The molecule has 0 heterocycles. The first-order valence-corrected chi connectivity index (χ1v) is 10.9.